The number of nitrogen functional groups attached to an aromatic ring is 1. The summed E-state index contributed by atoms with van der Waals surface area (Å²) in [6, 6.07) is 5.66. The summed E-state index contributed by atoms with van der Waals surface area (Å²) in [6.45, 7) is 3.11. The van der Waals surface area contributed by atoms with Crippen LogP contribution in [0.15, 0.2) is 18.2 Å². The predicted molar refractivity (Wildman–Crippen MR) is 83.8 cm³/mol. The van der Waals surface area contributed by atoms with Gasteiger partial charge in [0, 0.05) is 19.1 Å². The van der Waals surface area contributed by atoms with Gasteiger partial charge in [0.1, 0.15) is 0 Å². The fraction of sp³-hybridized carbons (Fsp3) is 0.562. The first-order valence-electron chi connectivity index (χ1n) is 7.64. The largest absolute Gasteiger partial charge is 0.478 e. The van der Waals surface area contributed by atoms with Crippen molar-refractivity contribution in [3.05, 3.63) is 23.8 Å². The van der Waals surface area contributed by atoms with Crippen LogP contribution >= 0.6 is 0 Å². The second kappa shape index (κ2) is 5.56. The first-order chi connectivity index (χ1) is 10.1. The average molecular weight is 289 g/mol. The maximum Gasteiger partial charge on any atom is 0.335 e. The van der Waals surface area contributed by atoms with Crippen molar-refractivity contribution in [1.29, 1.82) is 0 Å². The van der Waals surface area contributed by atoms with E-state index in [0.717, 1.165) is 25.2 Å². The van der Waals surface area contributed by atoms with Crippen molar-refractivity contribution in [2.75, 3.05) is 37.3 Å². The van der Waals surface area contributed by atoms with Crippen molar-refractivity contribution in [1.82, 2.24) is 4.90 Å². The molecular formula is C16H23N3O2. The molecule has 0 aliphatic carbocycles. The number of anilines is 2. The van der Waals surface area contributed by atoms with Gasteiger partial charge < -0.3 is 20.6 Å². The van der Waals surface area contributed by atoms with Crippen LogP contribution in [0.25, 0.3) is 0 Å². The van der Waals surface area contributed by atoms with Gasteiger partial charge in [0.2, 0.25) is 0 Å². The van der Waals surface area contributed by atoms with Crippen LogP contribution in [0.2, 0.25) is 0 Å². The molecule has 0 aromatic heterocycles. The number of nitrogens with two attached hydrogens (primary N) is 1. The number of aromatic carboxylic acids is 1. The molecule has 0 bridgehead atoms. The van der Waals surface area contributed by atoms with Gasteiger partial charge in [-0.05, 0) is 57.0 Å². The van der Waals surface area contributed by atoms with Gasteiger partial charge in [-0.2, -0.15) is 0 Å². The molecule has 0 saturated carbocycles. The standard InChI is InChI=1S/C16H23N3O2/c1-18-7-2-3-12-10-19(8-6-14(12)18)15-9-11(16(20)21)4-5-13(15)17/h4-5,9,12,14H,2-3,6-8,10,17H2,1H3,(H,20,21). The summed E-state index contributed by atoms with van der Waals surface area (Å²) in [7, 11) is 2.21. The average Bonchev–Trinajstić information content (AvgIpc) is 2.47. The van der Waals surface area contributed by atoms with Crippen LogP contribution in [0, 0.1) is 5.92 Å². The zero-order chi connectivity index (χ0) is 15.0. The molecular weight excluding hydrogens is 266 g/mol. The van der Waals surface area contributed by atoms with Gasteiger partial charge in [-0.1, -0.05) is 0 Å². The summed E-state index contributed by atoms with van der Waals surface area (Å²) in [5, 5.41) is 9.15. The molecule has 2 fully saturated rings. The number of piperidine rings is 2. The molecule has 2 saturated heterocycles. The molecule has 2 unspecified atom stereocenters. The molecule has 5 heteroatoms. The molecule has 5 nitrogen and oxygen atoms in total. The first kappa shape index (κ1) is 14.2. The highest BCUT2D eigenvalue weighted by Crippen LogP contribution is 2.34. The van der Waals surface area contributed by atoms with E-state index in [-0.39, 0.29) is 0 Å². The molecule has 0 amide bonds. The van der Waals surface area contributed by atoms with Crippen molar-refractivity contribution in [3.8, 4) is 0 Å². The zero-order valence-electron chi connectivity index (χ0n) is 12.5. The Bertz CT molecular complexity index is 546. The van der Waals surface area contributed by atoms with Gasteiger partial charge in [0.25, 0.3) is 0 Å². The van der Waals surface area contributed by atoms with Crippen LogP contribution in [0.4, 0.5) is 11.4 Å². The smallest absolute Gasteiger partial charge is 0.335 e. The third-order valence-electron chi connectivity index (χ3n) is 4.96. The summed E-state index contributed by atoms with van der Waals surface area (Å²) in [6.07, 6.45) is 3.62. The van der Waals surface area contributed by atoms with E-state index >= 15 is 0 Å². The van der Waals surface area contributed by atoms with E-state index in [1.54, 1.807) is 18.2 Å². The molecule has 2 atom stereocenters. The third kappa shape index (κ3) is 2.70. The lowest BCUT2D eigenvalue weighted by Gasteiger charge is -2.46. The van der Waals surface area contributed by atoms with E-state index in [1.807, 2.05) is 0 Å². The lowest BCUT2D eigenvalue weighted by atomic mass is 9.84. The highest BCUT2D eigenvalue weighted by molar-refractivity contribution is 5.90. The van der Waals surface area contributed by atoms with Gasteiger partial charge in [-0.3, -0.25) is 0 Å². The Morgan fingerprint density at radius 2 is 2.14 bits per heavy atom. The number of likely N-dealkylation sites (tertiary alicyclic amines) is 1. The van der Waals surface area contributed by atoms with E-state index in [0.29, 0.717) is 23.2 Å². The maximum atomic E-state index is 11.2. The number of hydrogen-bond donors (Lipinski definition) is 2. The molecule has 2 aliphatic rings. The second-order valence-electron chi connectivity index (χ2n) is 6.26. The van der Waals surface area contributed by atoms with Gasteiger partial charge in [-0.25, -0.2) is 4.79 Å². The number of carboxylic acid groups (broad SMARTS) is 1. The summed E-state index contributed by atoms with van der Waals surface area (Å²) in [5.74, 6) is -0.242. The lowest BCUT2D eigenvalue weighted by molar-refractivity contribution is 0.0697. The van der Waals surface area contributed by atoms with Crippen LogP contribution in [-0.4, -0.2) is 48.7 Å². The number of carboxylic acids is 1. The van der Waals surface area contributed by atoms with Crippen LogP contribution < -0.4 is 10.6 Å². The number of hydrogen-bond acceptors (Lipinski definition) is 4. The Kier molecular flexibility index (Phi) is 3.76. The molecule has 21 heavy (non-hydrogen) atoms. The van der Waals surface area contributed by atoms with Crippen LogP contribution in [0.1, 0.15) is 29.6 Å². The van der Waals surface area contributed by atoms with E-state index in [2.05, 4.69) is 16.8 Å². The zero-order valence-corrected chi connectivity index (χ0v) is 12.5. The van der Waals surface area contributed by atoms with Gasteiger partial charge in [-0.15, -0.1) is 0 Å². The number of nitrogens with zero attached hydrogens (tertiary/aromatic N) is 2. The van der Waals surface area contributed by atoms with Gasteiger partial charge in [0.05, 0.1) is 16.9 Å². The Balaban J connectivity index is 1.82. The van der Waals surface area contributed by atoms with E-state index in [1.165, 1.54) is 19.4 Å². The molecule has 2 heterocycles. The highest BCUT2D eigenvalue weighted by atomic mass is 16.4. The van der Waals surface area contributed by atoms with E-state index < -0.39 is 5.97 Å². The van der Waals surface area contributed by atoms with Crippen molar-refractivity contribution in [2.45, 2.75) is 25.3 Å². The molecule has 0 spiro atoms. The lowest BCUT2D eigenvalue weighted by Crippen LogP contribution is -2.52. The Morgan fingerprint density at radius 3 is 2.90 bits per heavy atom. The molecule has 114 valence electrons. The number of benzene rings is 1. The van der Waals surface area contributed by atoms with Crippen molar-refractivity contribution < 1.29 is 9.90 Å². The van der Waals surface area contributed by atoms with Crippen molar-refractivity contribution in [2.24, 2.45) is 5.92 Å². The molecule has 2 aliphatic heterocycles. The Labute approximate surface area is 125 Å². The van der Waals surface area contributed by atoms with E-state index in [9.17, 15) is 4.79 Å². The monoisotopic (exact) mass is 289 g/mol. The van der Waals surface area contributed by atoms with Crippen LogP contribution in [0.3, 0.4) is 0 Å². The fourth-order valence-corrected chi connectivity index (χ4v) is 3.82. The fourth-order valence-electron chi connectivity index (χ4n) is 3.82. The SMILES string of the molecule is CN1CCCC2CN(c3cc(C(=O)O)ccc3N)CCC21. The number of carbonyl (C=O) groups is 1. The van der Waals surface area contributed by atoms with Crippen LogP contribution in [-0.2, 0) is 0 Å². The highest BCUT2D eigenvalue weighted by Gasteiger charge is 2.34. The molecule has 0 radical (unpaired) electrons. The molecule has 1 aromatic carbocycles. The molecule has 1 aromatic rings. The normalized spacial score (nSPS) is 26.4. The minimum Gasteiger partial charge on any atom is -0.478 e. The predicted octanol–water partition coefficient (Wildman–Crippen LogP) is 1.89. The summed E-state index contributed by atoms with van der Waals surface area (Å²) in [5.41, 5.74) is 7.92. The van der Waals surface area contributed by atoms with Crippen molar-refractivity contribution >= 4 is 17.3 Å². The number of fused-ring (bicyclic) bond motifs is 1. The molecule has 3 rings (SSSR count). The minimum atomic E-state index is -0.900. The van der Waals surface area contributed by atoms with E-state index in [4.69, 9.17) is 10.8 Å². The number of rotatable bonds is 2. The summed E-state index contributed by atoms with van der Waals surface area (Å²) < 4.78 is 0. The van der Waals surface area contributed by atoms with Crippen LogP contribution in [0.5, 0.6) is 0 Å². The van der Waals surface area contributed by atoms with Gasteiger partial charge in [0.15, 0.2) is 0 Å². The molecule has 3 N–H and O–H groups in total. The maximum absolute atomic E-state index is 11.2. The minimum absolute atomic E-state index is 0.307. The topological polar surface area (TPSA) is 69.8 Å². The first-order valence-corrected chi connectivity index (χ1v) is 7.64. The second-order valence-corrected chi connectivity index (χ2v) is 6.26. The third-order valence-corrected chi connectivity index (χ3v) is 4.96. The quantitative estimate of drug-likeness (QED) is 0.814. The Morgan fingerprint density at radius 1 is 1.33 bits per heavy atom. The summed E-state index contributed by atoms with van der Waals surface area (Å²) in [4.78, 5) is 15.9. The summed E-state index contributed by atoms with van der Waals surface area (Å²) >= 11 is 0. The Hall–Kier alpha value is -1.75. The van der Waals surface area contributed by atoms with Crippen molar-refractivity contribution in [3.63, 3.8) is 0 Å². The van der Waals surface area contributed by atoms with Gasteiger partial charge >= 0.3 is 5.97 Å².